The van der Waals surface area contributed by atoms with Gasteiger partial charge in [-0.3, -0.25) is 0 Å². The van der Waals surface area contributed by atoms with E-state index in [9.17, 15) is 5.11 Å². The van der Waals surface area contributed by atoms with Crippen molar-refractivity contribution in [1.82, 2.24) is 0 Å². The van der Waals surface area contributed by atoms with Gasteiger partial charge in [-0.05, 0) is 60.9 Å². The van der Waals surface area contributed by atoms with E-state index in [-0.39, 0.29) is 6.04 Å². The highest BCUT2D eigenvalue weighted by Crippen LogP contribution is 2.30. The van der Waals surface area contributed by atoms with Crippen LogP contribution in [-0.4, -0.2) is 11.7 Å². The minimum Gasteiger partial charge on any atom is -0.508 e. The van der Waals surface area contributed by atoms with Gasteiger partial charge < -0.3 is 15.2 Å². The van der Waals surface area contributed by atoms with Crippen LogP contribution in [0.25, 0.3) is 0 Å². The Kier molecular flexibility index (Phi) is 3.26. The Hall–Kier alpha value is -2.16. The molecule has 0 saturated heterocycles. The maximum Gasteiger partial charge on any atom is 0.122 e. The number of phenolic OH excluding ortho intramolecular Hbond substituents is 1. The van der Waals surface area contributed by atoms with Crippen LogP contribution >= 0.6 is 0 Å². The molecule has 0 fully saturated rings. The lowest BCUT2D eigenvalue weighted by Crippen LogP contribution is -2.07. The van der Waals surface area contributed by atoms with Gasteiger partial charge in [-0.2, -0.15) is 0 Å². The van der Waals surface area contributed by atoms with E-state index in [4.69, 9.17) is 4.74 Å². The fourth-order valence-corrected chi connectivity index (χ4v) is 2.60. The van der Waals surface area contributed by atoms with Gasteiger partial charge in [0.05, 0.1) is 6.61 Å². The normalized spacial score (nSPS) is 14.5. The summed E-state index contributed by atoms with van der Waals surface area (Å²) in [6.45, 7) is 4.92. The summed E-state index contributed by atoms with van der Waals surface area (Å²) >= 11 is 0. The molecule has 1 heterocycles. The minimum absolute atomic E-state index is 0.212. The zero-order valence-electron chi connectivity index (χ0n) is 11.8. The Morgan fingerprint density at radius 1 is 1.20 bits per heavy atom. The van der Waals surface area contributed by atoms with Gasteiger partial charge in [0.25, 0.3) is 0 Å². The standard InChI is InChI=1S/C17H19NO2/c1-11-9-15(19)4-5-16(11)18-12(2)13-3-6-17-14(10-13)7-8-20-17/h3-6,9-10,12,18-19H,7-8H2,1-2H3. The Balaban J connectivity index is 1.80. The summed E-state index contributed by atoms with van der Waals surface area (Å²) in [5.74, 6) is 1.32. The SMILES string of the molecule is Cc1cc(O)ccc1NC(C)c1ccc2c(c1)CCO2. The van der Waals surface area contributed by atoms with E-state index in [1.54, 1.807) is 12.1 Å². The largest absolute Gasteiger partial charge is 0.508 e. The lowest BCUT2D eigenvalue weighted by Gasteiger charge is -2.18. The summed E-state index contributed by atoms with van der Waals surface area (Å²) in [7, 11) is 0. The Labute approximate surface area is 119 Å². The summed E-state index contributed by atoms with van der Waals surface area (Å²) in [6.07, 6.45) is 0.994. The molecular formula is C17H19NO2. The van der Waals surface area contributed by atoms with Gasteiger partial charge in [0.15, 0.2) is 0 Å². The second-order valence-electron chi connectivity index (χ2n) is 5.33. The van der Waals surface area contributed by atoms with Crippen molar-refractivity contribution in [2.45, 2.75) is 26.3 Å². The number of rotatable bonds is 3. The summed E-state index contributed by atoms with van der Waals surface area (Å²) in [4.78, 5) is 0. The molecule has 0 radical (unpaired) electrons. The monoisotopic (exact) mass is 269 g/mol. The molecule has 0 spiro atoms. The third-order valence-electron chi connectivity index (χ3n) is 3.80. The molecule has 1 atom stereocenters. The van der Waals surface area contributed by atoms with Crippen molar-refractivity contribution in [2.24, 2.45) is 0 Å². The number of aryl methyl sites for hydroxylation is 1. The van der Waals surface area contributed by atoms with Crippen LogP contribution in [0.1, 0.15) is 29.7 Å². The Morgan fingerprint density at radius 3 is 2.85 bits per heavy atom. The van der Waals surface area contributed by atoms with Crippen LogP contribution in [-0.2, 0) is 6.42 Å². The third kappa shape index (κ3) is 2.44. The van der Waals surface area contributed by atoms with Crippen LogP contribution in [0.2, 0.25) is 0 Å². The molecule has 3 nitrogen and oxygen atoms in total. The number of phenols is 1. The highest BCUT2D eigenvalue weighted by molar-refractivity contribution is 5.55. The molecule has 0 aromatic heterocycles. The zero-order chi connectivity index (χ0) is 14.1. The third-order valence-corrected chi connectivity index (χ3v) is 3.80. The van der Waals surface area contributed by atoms with Gasteiger partial charge in [0, 0.05) is 18.2 Å². The van der Waals surface area contributed by atoms with Crippen LogP contribution in [0, 0.1) is 6.92 Å². The number of aromatic hydroxyl groups is 1. The number of nitrogens with one attached hydrogen (secondary N) is 1. The fourth-order valence-electron chi connectivity index (χ4n) is 2.60. The molecule has 3 rings (SSSR count). The van der Waals surface area contributed by atoms with Crippen LogP contribution in [0.3, 0.4) is 0 Å². The predicted octanol–water partition coefficient (Wildman–Crippen LogP) is 3.81. The summed E-state index contributed by atoms with van der Waals surface area (Å²) < 4.78 is 5.54. The minimum atomic E-state index is 0.212. The Morgan fingerprint density at radius 2 is 2.05 bits per heavy atom. The van der Waals surface area contributed by atoms with Gasteiger partial charge >= 0.3 is 0 Å². The molecular weight excluding hydrogens is 250 g/mol. The molecule has 1 aliphatic heterocycles. The van der Waals surface area contributed by atoms with Crippen molar-refractivity contribution in [3.63, 3.8) is 0 Å². The molecule has 1 aliphatic rings. The van der Waals surface area contributed by atoms with Gasteiger partial charge in [-0.15, -0.1) is 0 Å². The van der Waals surface area contributed by atoms with E-state index in [0.29, 0.717) is 5.75 Å². The highest BCUT2D eigenvalue weighted by atomic mass is 16.5. The number of ether oxygens (including phenoxy) is 1. The topological polar surface area (TPSA) is 41.5 Å². The molecule has 0 bridgehead atoms. The lowest BCUT2D eigenvalue weighted by atomic mass is 10.0. The van der Waals surface area contributed by atoms with Crippen molar-refractivity contribution < 1.29 is 9.84 Å². The number of fused-ring (bicyclic) bond motifs is 1. The van der Waals surface area contributed by atoms with Crippen LogP contribution < -0.4 is 10.1 Å². The maximum absolute atomic E-state index is 9.45. The molecule has 2 aromatic rings. The first-order chi connectivity index (χ1) is 9.63. The maximum atomic E-state index is 9.45. The van der Waals surface area contributed by atoms with Gasteiger partial charge in [-0.1, -0.05) is 6.07 Å². The molecule has 20 heavy (non-hydrogen) atoms. The molecule has 0 aliphatic carbocycles. The van der Waals surface area contributed by atoms with E-state index in [1.807, 2.05) is 13.0 Å². The average Bonchev–Trinajstić information content (AvgIpc) is 2.89. The molecule has 0 saturated carbocycles. The van der Waals surface area contributed by atoms with Crippen molar-refractivity contribution in [3.8, 4) is 11.5 Å². The molecule has 3 heteroatoms. The summed E-state index contributed by atoms with van der Waals surface area (Å²) in [5.41, 5.74) is 4.63. The van der Waals surface area contributed by atoms with Crippen LogP contribution in [0.15, 0.2) is 36.4 Å². The smallest absolute Gasteiger partial charge is 0.122 e. The summed E-state index contributed by atoms with van der Waals surface area (Å²) in [6, 6.07) is 12.0. The quantitative estimate of drug-likeness (QED) is 0.833. The first kappa shape index (κ1) is 12.9. The molecule has 2 aromatic carbocycles. The van der Waals surface area contributed by atoms with E-state index in [0.717, 1.165) is 30.0 Å². The van der Waals surface area contributed by atoms with Crippen molar-refractivity contribution >= 4 is 5.69 Å². The molecule has 2 N–H and O–H groups in total. The predicted molar refractivity (Wildman–Crippen MR) is 80.5 cm³/mol. The average molecular weight is 269 g/mol. The fraction of sp³-hybridized carbons (Fsp3) is 0.294. The van der Waals surface area contributed by atoms with E-state index < -0.39 is 0 Å². The zero-order valence-corrected chi connectivity index (χ0v) is 11.8. The van der Waals surface area contributed by atoms with E-state index >= 15 is 0 Å². The van der Waals surface area contributed by atoms with Gasteiger partial charge in [0.2, 0.25) is 0 Å². The van der Waals surface area contributed by atoms with E-state index in [2.05, 4.69) is 30.4 Å². The number of benzene rings is 2. The molecule has 104 valence electrons. The van der Waals surface area contributed by atoms with Crippen molar-refractivity contribution in [3.05, 3.63) is 53.1 Å². The van der Waals surface area contributed by atoms with E-state index in [1.165, 1.54) is 11.1 Å². The molecule has 1 unspecified atom stereocenters. The number of hydrogen-bond acceptors (Lipinski definition) is 3. The van der Waals surface area contributed by atoms with Crippen molar-refractivity contribution in [1.29, 1.82) is 0 Å². The lowest BCUT2D eigenvalue weighted by molar-refractivity contribution is 0.357. The second kappa shape index (κ2) is 5.08. The number of hydrogen-bond donors (Lipinski definition) is 2. The highest BCUT2D eigenvalue weighted by Gasteiger charge is 2.14. The van der Waals surface area contributed by atoms with Gasteiger partial charge in [0.1, 0.15) is 11.5 Å². The summed E-state index contributed by atoms with van der Waals surface area (Å²) in [5, 5.41) is 12.9. The van der Waals surface area contributed by atoms with Crippen LogP contribution in [0.4, 0.5) is 5.69 Å². The Bertz CT molecular complexity index is 637. The first-order valence-corrected chi connectivity index (χ1v) is 6.95. The number of anilines is 1. The van der Waals surface area contributed by atoms with Crippen LogP contribution in [0.5, 0.6) is 11.5 Å². The second-order valence-corrected chi connectivity index (χ2v) is 5.33. The van der Waals surface area contributed by atoms with Crippen molar-refractivity contribution in [2.75, 3.05) is 11.9 Å². The van der Waals surface area contributed by atoms with Gasteiger partial charge in [-0.25, -0.2) is 0 Å². The molecule has 0 amide bonds. The first-order valence-electron chi connectivity index (χ1n) is 6.95.